The lowest BCUT2D eigenvalue weighted by molar-refractivity contribution is 0.0344. The van der Waals surface area contributed by atoms with Gasteiger partial charge < -0.3 is 14.8 Å². The van der Waals surface area contributed by atoms with Gasteiger partial charge in [-0.3, -0.25) is 4.79 Å². The second kappa shape index (κ2) is 6.48. The lowest BCUT2D eigenvalue weighted by atomic mass is 10.0. The van der Waals surface area contributed by atoms with E-state index in [1.807, 2.05) is 24.3 Å². The van der Waals surface area contributed by atoms with Crippen LogP contribution >= 0.6 is 23.2 Å². The van der Waals surface area contributed by atoms with E-state index < -0.39 is 11.5 Å². The molecular weight excluding hydrogens is 349 g/mol. The number of carbonyl (C=O) groups is 1. The Labute approximate surface area is 149 Å². The van der Waals surface area contributed by atoms with E-state index in [1.165, 1.54) is 6.07 Å². The number of rotatable bonds is 4. The monoisotopic (exact) mass is 363 g/mol. The fraction of sp³-hybridized carbons (Fsp3) is 0.167. The zero-order chi connectivity index (χ0) is 17.3. The van der Waals surface area contributed by atoms with Crippen molar-refractivity contribution in [1.82, 2.24) is 5.32 Å². The van der Waals surface area contributed by atoms with Crippen LogP contribution in [0.1, 0.15) is 23.0 Å². The summed E-state index contributed by atoms with van der Waals surface area (Å²) >= 11 is 11.9. The van der Waals surface area contributed by atoms with E-state index in [0.29, 0.717) is 21.4 Å². The Balaban J connectivity index is 1.77. The molecular formula is C18H15Cl2NO3. The van der Waals surface area contributed by atoms with Gasteiger partial charge in [-0.1, -0.05) is 41.4 Å². The van der Waals surface area contributed by atoms with Gasteiger partial charge in [-0.15, -0.1) is 0 Å². The SMILES string of the molecule is CC(O)(CNC(=O)c1cc(Cl)ccc1Cl)c1cc2ccccc2o1. The van der Waals surface area contributed by atoms with Crippen LogP contribution in [-0.2, 0) is 5.60 Å². The van der Waals surface area contributed by atoms with Gasteiger partial charge in [0.15, 0.2) is 0 Å². The zero-order valence-electron chi connectivity index (χ0n) is 12.8. The van der Waals surface area contributed by atoms with Gasteiger partial charge >= 0.3 is 0 Å². The highest BCUT2D eigenvalue weighted by Crippen LogP contribution is 2.28. The first-order chi connectivity index (χ1) is 11.4. The molecule has 2 aromatic carbocycles. The Hall–Kier alpha value is -2.01. The molecule has 1 heterocycles. The molecule has 0 radical (unpaired) electrons. The maximum absolute atomic E-state index is 12.3. The number of hydrogen-bond acceptors (Lipinski definition) is 3. The van der Waals surface area contributed by atoms with Crippen LogP contribution < -0.4 is 5.32 Å². The summed E-state index contributed by atoms with van der Waals surface area (Å²) in [6.07, 6.45) is 0. The van der Waals surface area contributed by atoms with Crippen molar-refractivity contribution in [3.8, 4) is 0 Å². The molecule has 0 aliphatic rings. The van der Waals surface area contributed by atoms with Crippen LogP contribution in [0, 0.1) is 0 Å². The van der Waals surface area contributed by atoms with Crippen molar-refractivity contribution in [3.05, 3.63) is 69.9 Å². The third kappa shape index (κ3) is 3.41. The molecule has 3 aromatic rings. The number of benzene rings is 2. The molecule has 4 nitrogen and oxygen atoms in total. The number of para-hydroxylation sites is 1. The van der Waals surface area contributed by atoms with Gasteiger partial charge in [-0.2, -0.15) is 0 Å². The van der Waals surface area contributed by atoms with Crippen LogP contribution in [0.3, 0.4) is 0 Å². The van der Waals surface area contributed by atoms with Gasteiger partial charge in [-0.05, 0) is 37.3 Å². The highest BCUT2D eigenvalue weighted by atomic mass is 35.5. The smallest absolute Gasteiger partial charge is 0.252 e. The minimum Gasteiger partial charge on any atom is -0.458 e. The van der Waals surface area contributed by atoms with E-state index in [-0.39, 0.29) is 12.1 Å². The van der Waals surface area contributed by atoms with Crippen molar-refractivity contribution in [2.75, 3.05) is 6.54 Å². The third-order valence-electron chi connectivity index (χ3n) is 3.72. The highest BCUT2D eigenvalue weighted by molar-refractivity contribution is 6.35. The van der Waals surface area contributed by atoms with Crippen molar-refractivity contribution in [3.63, 3.8) is 0 Å². The van der Waals surface area contributed by atoms with Crippen LogP contribution in [0.15, 0.2) is 52.9 Å². The van der Waals surface area contributed by atoms with Crippen LogP contribution in [0.2, 0.25) is 10.0 Å². The average Bonchev–Trinajstić information content (AvgIpc) is 3.00. The normalized spacial score (nSPS) is 13.7. The summed E-state index contributed by atoms with van der Waals surface area (Å²) in [6, 6.07) is 13.8. The third-order valence-corrected chi connectivity index (χ3v) is 4.29. The highest BCUT2D eigenvalue weighted by Gasteiger charge is 2.28. The fourth-order valence-electron chi connectivity index (χ4n) is 2.35. The Bertz CT molecular complexity index is 869. The van der Waals surface area contributed by atoms with E-state index in [4.69, 9.17) is 27.6 Å². The molecule has 3 rings (SSSR count). The maximum atomic E-state index is 12.3. The van der Waals surface area contributed by atoms with E-state index in [1.54, 1.807) is 25.1 Å². The van der Waals surface area contributed by atoms with Gasteiger partial charge in [0, 0.05) is 10.4 Å². The summed E-state index contributed by atoms with van der Waals surface area (Å²) in [6.45, 7) is 1.54. The number of amides is 1. The number of carbonyl (C=O) groups excluding carboxylic acids is 1. The summed E-state index contributed by atoms with van der Waals surface area (Å²) in [7, 11) is 0. The van der Waals surface area contributed by atoms with Crippen LogP contribution in [-0.4, -0.2) is 17.6 Å². The molecule has 1 aromatic heterocycles. The molecule has 1 amide bonds. The van der Waals surface area contributed by atoms with Gasteiger partial charge in [0.2, 0.25) is 0 Å². The van der Waals surface area contributed by atoms with E-state index in [9.17, 15) is 9.90 Å². The molecule has 0 bridgehead atoms. The van der Waals surface area contributed by atoms with E-state index in [2.05, 4.69) is 5.32 Å². The summed E-state index contributed by atoms with van der Waals surface area (Å²) in [4.78, 5) is 12.3. The Morgan fingerprint density at radius 3 is 2.71 bits per heavy atom. The van der Waals surface area contributed by atoms with Crippen molar-refractivity contribution in [1.29, 1.82) is 0 Å². The molecule has 0 fully saturated rings. The van der Waals surface area contributed by atoms with Crippen molar-refractivity contribution >= 4 is 40.1 Å². The molecule has 2 N–H and O–H groups in total. The van der Waals surface area contributed by atoms with Gasteiger partial charge in [-0.25, -0.2) is 0 Å². The number of aliphatic hydroxyl groups is 1. The molecule has 0 spiro atoms. The predicted octanol–water partition coefficient (Wildman–Crippen LogP) is 4.38. The minimum absolute atomic E-state index is 0.0332. The Morgan fingerprint density at radius 1 is 1.21 bits per heavy atom. The number of hydrogen-bond donors (Lipinski definition) is 2. The Kier molecular flexibility index (Phi) is 4.54. The minimum atomic E-state index is -1.36. The van der Waals surface area contributed by atoms with Crippen molar-refractivity contribution in [2.24, 2.45) is 0 Å². The first-order valence-electron chi connectivity index (χ1n) is 7.31. The van der Waals surface area contributed by atoms with Crippen LogP contribution in [0.4, 0.5) is 0 Å². The van der Waals surface area contributed by atoms with Crippen molar-refractivity contribution < 1.29 is 14.3 Å². The standard InChI is InChI=1S/C18H15Cl2NO3/c1-18(23,16-8-11-4-2-3-5-15(11)24-16)10-21-17(22)13-9-12(19)6-7-14(13)20/h2-9,23H,10H2,1H3,(H,21,22). The molecule has 1 atom stereocenters. The second-order valence-corrected chi connectivity index (χ2v) is 6.57. The maximum Gasteiger partial charge on any atom is 0.252 e. The van der Waals surface area contributed by atoms with E-state index in [0.717, 1.165) is 5.39 Å². The molecule has 0 aliphatic heterocycles. The zero-order valence-corrected chi connectivity index (χ0v) is 14.4. The summed E-state index contributed by atoms with van der Waals surface area (Å²) in [5, 5.41) is 14.9. The van der Waals surface area contributed by atoms with Crippen LogP contribution in [0.5, 0.6) is 0 Å². The summed E-state index contributed by atoms with van der Waals surface area (Å²) in [5.41, 5.74) is -0.429. The lowest BCUT2D eigenvalue weighted by Crippen LogP contribution is -2.38. The molecule has 0 saturated heterocycles. The molecule has 6 heteroatoms. The molecule has 124 valence electrons. The van der Waals surface area contributed by atoms with Gasteiger partial charge in [0.05, 0.1) is 17.1 Å². The second-order valence-electron chi connectivity index (χ2n) is 5.73. The first-order valence-corrected chi connectivity index (χ1v) is 8.07. The average molecular weight is 364 g/mol. The topological polar surface area (TPSA) is 62.5 Å². The molecule has 1 unspecified atom stereocenters. The van der Waals surface area contributed by atoms with Gasteiger partial charge in [0.25, 0.3) is 5.91 Å². The van der Waals surface area contributed by atoms with Gasteiger partial charge in [0.1, 0.15) is 16.9 Å². The number of nitrogens with one attached hydrogen (secondary N) is 1. The van der Waals surface area contributed by atoms with Crippen molar-refractivity contribution in [2.45, 2.75) is 12.5 Å². The number of fused-ring (bicyclic) bond motifs is 1. The molecule has 24 heavy (non-hydrogen) atoms. The fourth-order valence-corrected chi connectivity index (χ4v) is 2.73. The Morgan fingerprint density at radius 2 is 1.96 bits per heavy atom. The lowest BCUT2D eigenvalue weighted by Gasteiger charge is -2.21. The number of furan rings is 1. The van der Waals surface area contributed by atoms with E-state index >= 15 is 0 Å². The quantitative estimate of drug-likeness (QED) is 0.722. The van der Waals surface area contributed by atoms with Crippen LogP contribution in [0.25, 0.3) is 11.0 Å². The predicted molar refractivity (Wildman–Crippen MR) is 94.6 cm³/mol. The largest absolute Gasteiger partial charge is 0.458 e. The molecule has 0 saturated carbocycles. The first kappa shape index (κ1) is 16.8. The summed E-state index contributed by atoms with van der Waals surface area (Å²) in [5.74, 6) is -0.0416. The summed E-state index contributed by atoms with van der Waals surface area (Å²) < 4.78 is 5.67. The molecule has 0 aliphatic carbocycles. The number of halogens is 2.